The second-order valence-corrected chi connectivity index (χ2v) is 7.94. The van der Waals surface area contributed by atoms with E-state index in [0.29, 0.717) is 22.5 Å². The van der Waals surface area contributed by atoms with Gasteiger partial charge in [0.2, 0.25) is 0 Å². The van der Waals surface area contributed by atoms with Crippen LogP contribution < -0.4 is 5.56 Å². The molecular formula is C22H23N3OS. The van der Waals surface area contributed by atoms with Gasteiger partial charge in [-0.2, -0.15) is 5.26 Å². The van der Waals surface area contributed by atoms with Crippen LogP contribution in [0.4, 0.5) is 0 Å². The van der Waals surface area contributed by atoms with E-state index in [-0.39, 0.29) is 16.9 Å². The van der Waals surface area contributed by atoms with Crippen molar-refractivity contribution in [3.05, 3.63) is 70.0 Å². The minimum Gasteiger partial charge on any atom is -0.284 e. The molecule has 5 heteroatoms. The van der Waals surface area contributed by atoms with Crippen molar-refractivity contribution in [3.8, 4) is 6.07 Å². The van der Waals surface area contributed by atoms with Gasteiger partial charge in [-0.15, -0.1) is 0 Å². The van der Waals surface area contributed by atoms with Crippen LogP contribution in [0.2, 0.25) is 0 Å². The number of fused-ring (bicyclic) bond motifs is 1. The fourth-order valence-electron chi connectivity index (χ4n) is 2.96. The van der Waals surface area contributed by atoms with Crippen molar-refractivity contribution in [1.29, 1.82) is 5.26 Å². The minimum absolute atomic E-state index is 0.0239. The van der Waals surface area contributed by atoms with E-state index in [1.165, 1.54) is 17.3 Å². The maximum absolute atomic E-state index is 13.0. The minimum atomic E-state index is -0.309. The molecule has 1 heterocycles. The van der Waals surface area contributed by atoms with Gasteiger partial charge in [0, 0.05) is 6.04 Å². The van der Waals surface area contributed by atoms with Crippen LogP contribution in [0, 0.1) is 18.3 Å². The summed E-state index contributed by atoms with van der Waals surface area (Å²) in [7, 11) is 0. The van der Waals surface area contributed by atoms with Gasteiger partial charge in [-0.25, -0.2) is 4.98 Å². The Morgan fingerprint density at radius 3 is 2.56 bits per heavy atom. The molecular weight excluding hydrogens is 354 g/mol. The van der Waals surface area contributed by atoms with E-state index in [4.69, 9.17) is 4.98 Å². The summed E-state index contributed by atoms with van der Waals surface area (Å²) in [6.45, 7) is 6.11. The lowest BCUT2D eigenvalue weighted by molar-refractivity contribution is 0.468. The van der Waals surface area contributed by atoms with Crippen LogP contribution in [0.1, 0.15) is 37.4 Å². The number of aryl methyl sites for hydroxylation is 1. The maximum atomic E-state index is 13.0. The average molecular weight is 378 g/mol. The summed E-state index contributed by atoms with van der Waals surface area (Å²) < 4.78 is 1.74. The van der Waals surface area contributed by atoms with E-state index in [0.717, 1.165) is 12.0 Å². The van der Waals surface area contributed by atoms with Crippen molar-refractivity contribution in [2.75, 3.05) is 0 Å². The van der Waals surface area contributed by atoms with Crippen LogP contribution in [0.5, 0.6) is 0 Å². The lowest BCUT2D eigenvalue weighted by Crippen LogP contribution is -2.26. The summed E-state index contributed by atoms with van der Waals surface area (Å²) in [5.41, 5.74) is 2.95. The molecule has 0 aliphatic carbocycles. The molecule has 1 aromatic heterocycles. The zero-order chi connectivity index (χ0) is 19.4. The largest absolute Gasteiger partial charge is 0.284 e. The molecule has 2 atom stereocenters. The van der Waals surface area contributed by atoms with Crippen molar-refractivity contribution in [3.63, 3.8) is 0 Å². The van der Waals surface area contributed by atoms with Gasteiger partial charge in [-0.05, 0) is 44.4 Å². The molecule has 138 valence electrons. The number of hydrogen-bond donors (Lipinski definition) is 0. The summed E-state index contributed by atoms with van der Waals surface area (Å²) in [5, 5.41) is 10.6. The fourth-order valence-corrected chi connectivity index (χ4v) is 4.07. The first-order chi connectivity index (χ1) is 13.0. The summed E-state index contributed by atoms with van der Waals surface area (Å²) in [4.78, 5) is 17.8. The van der Waals surface area contributed by atoms with Gasteiger partial charge >= 0.3 is 0 Å². The van der Waals surface area contributed by atoms with Crippen molar-refractivity contribution in [1.82, 2.24) is 9.55 Å². The summed E-state index contributed by atoms with van der Waals surface area (Å²) in [5.74, 6) is 0. The Morgan fingerprint density at radius 1 is 1.19 bits per heavy atom. The fraction of sp³-hybridized carbons (Fsp3) is 0.318. The van der Waals surface area contributed by atoms with Gasteiger partial charge in [0.25, 0.3) is 5.56 Å². The Hall–Kier alpha value is -2.58. The molecule has 3 aromatic rings. The smallest absolute Gasteiger partial charge is 0.262 e. The molecule has 3 rings (SSSR count). The molecule has 0 aliphatic rings. The van der Waals surface area contributed by atoms with Crippen molar-refractivity contribution < 1.29 is 0 Å². The normalized spacial score (nSPS) is 13.3. The molecule has 27 heavy (non-hydrogen) atoms. The topological polar surface area (TPSA) is 58.7 Å². The van der Waals surface area contributed by atoms with Crippen LogP contribution in [-0.2, 0) is 6.42 Å². The maximum Gasteiger partial charge on any atom is 0.262 e. The quantitative estimate of drug-likeness (QED) is 0.453. The summed E-state index contributed by atoms with van der Waals surface area (Å²) in [6.07, 6.45) is 1.44. The van der Waals surface area contributed by atoms with Gasteiger partial charge < -0.3 is 0 Å². The van der Waals surface area contributed by atoms with Crippen molar-refractivity contribution >= 4 is 22.7 Å². The molecule has 0 aliphatic heterocycles. The molecule has 2 aromatic carbocycles. The monoisotopic (exact) mass is 377 g/mol. The highest BCUT2D eigenvalue weighted by Gasteiger charge is 2.19. The molecule has 0 bridgehead atoms. The Labute approximate surface area is 163 Å². The van der Waals surface area contributed by atoms with E-state index in [1.807, 2.05) is 38.1 Å². The highest BCUT2D eigenvalue weighted by molar-refractivity contribution is 8.00. The Balaban J connectivity index is 2.00. The molecule has 0 spiro atoms. The third-order valence-electron chi connectivity index (χ3n) is 4.74. The molecule has 0 radical (unpaired) electrons. The van der Waals surface area contributed by atoms with Crippen LogP contribution in [0.15, 0.2) is 58.5 Å². The van der Waals surface area contributed by atoms with E-state index in [9.17, 15) is 10.1 Å². The molecule has 4 nitrogen and oxygen atoms in total. The van der Waals surface area contributed by atoms with E-state index in [1.54, 1.807) is 4.57 Å². The number of nitrogens with zero attached hydrogens (tertiary/aromatic N) is 3. The number of nitriles is 1. The average Bonchev–Trinajstić information content (AvgIpc) is 2.69. The second-order valence-electron chi connectivity index (χ2n) is 6.77. The van der Waals surface area contributed by atoms with Crippen molar-refractivity contribution in [2.45, 2.75) is 50.1 Å². The Kier molecular flexibility index (Phi) is 5.98. The third kappa shape index (κ3) is 4.23. The standard InChI is InChI=1S/C22H23N3OS/c1-4-16(3)25-21(26)19-7-5-6-8-20(19)24-22(25)27-18(14-23)13-17-11-9-15(2)10-12-17/h5-12,16,18H,4,13H2,1-3H3/t16-,18-/m0/s1. The van der Waals surface area contributed by atoms with Gasteiger partial charge in [-0.1, -0.05) is 60.6 Å². The lowest BCUT2D eigenvalue weighted by Gasteiger charge is -2.19. The van der Waals surface area contributed by atoms with Crippen LogP contribution >= 0.6 is 11.8 Å². The molecule has 0 N–H and O–H groups in total. The Bertz CT molecular complexity index is 1030. The molecule has 0 fully saturated rings. The van der Waals surface area contributed by atoms with Crippen LogP contribution in [0.3, 0.4) is 0 Å². The molecule has 0 saturated carbocycles. The zero-order valence-electron chi connectivity index (χ0n) is 15.8. The van der Waals surface area contributed by atoms with Crippen LogP contribution in [-0.4, -0.2) is 14.8 Å². The lowest BCUT2D eigenvalue weighted by atomic mass is 10.1. The first-order valence-electron chi connectivity index (χ1n) is 9.16. The van der Waals surface area contributed by atoms with Crippen LogP contribution in [0.25, 0.3) is 10.9 Å². The first-order valence-corrected chi connectivity index (χ1v) is 10.0. The molecule has 0 saturated heterocycles. The Morgan fingerprint density at radius 2 is 1.89 bits per heavy atom. The number of rotatable bonds is 6. The second kappa shape index (κ2) is 8.41. The van der Waals surface area contributed by atoms with E-state index in [2.05, 4.69) is 37.3 Å². The number of hydrogen-bond acceptors (Lipinski definition) is 4. The van der Waals surface area contributed by atoms with Gasteiger partial charge in [-0.3, -0.25) is 9.36 Å². The number of thioether (sulfide) groups is 1. The summed E-state index contributed by atoms with van der Waals surface area (Å²) in [6, 6.07) is 18.0. The molecule has 0 unspecified atom stereocenters. The number of benzene rings is 2. The number of aromatic nitrogens is 2. The first kappa shape index (κ1) is 19.2. The zero-order valence-corrected chi connectivity index (χ0v) is 16.7. The van der Waals surface area contributed by atoms with Gasteiger partial charge in [0.1, 0.15) is 5.25 Å². The predicted molar refractivity (Wildman–Crippen MR) is 111 cm³/mol. The van der Waals surface area contributed by atoms with Gasteiger partial charge in [0.05, 0.1) is 17.0 Å². The third-order valence-corrected chi connectivity index (χ3v) is 5.80. The number of para-hydroxylation sites is 1. The highest BCUT2D eigenvalue weighted by atomic mass is 32.2. The SMILES string of the molecule is CC[C@H](C)n1c(S[C@H](C#N)Cc2ccc(C)cc2)nc2ccccc2c1=O. The highest BCUT2D eigenvalue weighted by Crippen LogP contribution is 2.27. The van der Waals surface area contributed by atoms with Gasteiger partial charge in [0.15, 0.2) is 5.16 Å². The van der Waals surface area contributed by atoms with Crippen molar-refractivity contribution in [2.24, 2.45) is 0 Å². The predicted octanol–water partition coefficient (Wildman–Crippen LogP) is 4.90. The molecule has 0 amide bonds. The van der Waals surface area contributed by atoms with E-state index >= 15 is 0 Å². The van der Waals surface area contributed by atoms with E-state index < -0.39 is 0 Å². The summed E-state index contributed by atoms with van der Waals surface area (Å²) >= 11 is 1.38.